The van der Waals surface area contributed by atoms with Crippen LogP contribution in [0.3, 0.4) is 0 Å². The summed E-state index contributed by atoms with van der Waals surface area (Å²) in [6.45, 7) is 4.23. The summed E-state index contributed by atoms with van der Waals surface area (Å²) >= 11 is 0. The van der Waals surface area contributed by atoms with Crippen LogP contribution in [-0.2, 0) is 11.0 Å². The minimum absolute atomic E-state index is 0.970. The van der Waals surface area contributed by atoms with E-state index in [1.807, 2.05) is 18.2 Å². The van der Waals surface area contributed by atoms with Gasteiger partial charge in [0.2, 0.25) is 5.31 Å². The topological polar surface area (TPSA) is 17.1 Å². The van der Waals surface area contributed by atoms with Gasteiger partial charge in [0, 0.05) is 5.56 Å². The summed E-state index contributed by atoms with van der Waals surface area (Å²) in [6.07, 6.45) is 8.15. The number of hydrogen-bond donors (Lipinski definition) is 0. The average Bonchev–Trinajstić information content (AvgIpc) is 2.76. The Labute approximate surface area is 110 Å². The minimum atomic E-state index is -1.33. The Morgan fingerprint density at radius 2 is 2.06 bits per heavy atom. The highest BCUT2D eigenvalue weighted by atomic mass is 31.1. The first-order valence-electron chi connectivity index (χ1n) is 6.25. The molecule has 0 amide bonds. The van der Waals surface area contributed by atoms with Crippen molar-refractivity contribution < 1.29 is 4.57 Å². The number of rotatable bonds is 4. The molecule has 1 nitrogen and oxygen atoms in total. The van der Waals surface area contributed by atoms with Crippen LogP contribution in [0.2, 0.25) is 0 Å². The third-order valence-corrected chi connectivity index (χ3v) is 4.28. The molecule has 0 saturated carbocycles. The third kappa shape index (κ3) is 3.05. The van der Waals surface area contributed by atoms with Crippen LogP contribution >= 0.6 is 7.80 Å². The fourth-order valence-electron chi connectivity index (χ4n) is 2.08. The number of allylic oxidation sites excluding steroid dienone is 4. The molecule has 1 aliphatic rings. The van der Waals surface area contributed by atoms with Gasteiger partial charge in [0.25, 0.3) is 0 Å². The maximum absolute atomic E-state index is 11.9. The zero-order chi connectivity index (χ0) is 13.0. The molecule has 1 atom stereocenters. The highest BCUT2D eigenvalue weighted by Gasteiger charge is 2.26. The standard InChI is InChI=1S/C16H18OP/c1-13(2)7-5-9-14-8-3-4-10-15(14)16-11-6-12-18(16)17/h3-4,6-8,10-12H,5,9H2,1-2H3/q+1. The predicted molar refractivity (Wildman–Crippen MR) is 78.9 cm³/mol. The zero-order valence-corrected chi connectivity index (χ0v) is 11.8. The zero-order valence-electron chi connectivity index (χ0n) is 10.9. The molecular weight excluding hydrogens is 239 g/mol. The van der Waals surface area contributed by atoms with E-state index in [4.69, 9.17) is 0 Å². The smallest absolute Gasteiger partial charge is 0.0856 e. The molecule has 92 valence electrons. The highest BCUT2D eigenvalue weighted by molar-refractivity contribution is 7.60. The van der Waals surface area contributed by atoms with E-state index < -0.39 is 7.80 Å². The largest absolute Gasteiger partial charge is 0.408 e. The van der Waals surface area contributed by atoms with Gasteiger partial charge in [-0.15, -0.1) is 0 Å². The van der Waals surface area contributed by atoms with E-state index >= 15 is 0 Å². The summed E-state index contributed by atoms with van der Waals surface area (Å²) in [6, 6.07) is 8.28. The van der Waals surface area contributed by atoms with E-state index in [2.05, 4.69) is 38.1 Å². The molecule has 1 aliphatic heterocycles. The van der Waals surface area contributed by atoms with Crippen LogP contribution in [0, 0.1) is 0 Å². The van der Waals surface area contributed by atoms with E-state index in [0.29, 0.717) is 0 Å². The van der Waals surface area contributed by atoms with Crippen LogP contribution < -0.4 is 0 Å². The molecule has 2 rings (SSSR count). The second kappa shape index (κ2) is 5.93. The average molecular weight is 257 g/mol. The lowest BCUT2D eigenvalue weighted by Gasteiger charge is -2.04. The molecule has 0 aromatic heterocycles. The van der Waals surface area contributed by atoms with Gasteiger partial charge in [0.1, 0.15) is 0 Å². The van der Waals surface area contributed by atoms with E-state index in [9.17, 15) is 4.57 Å². The molecule has 1 unspecified atom stereocenters. The molecule has 0 spiro atoms. The van der Waals surface area contributed by atoms with Gasteiger partial charge in [-0.05, 0) is 44.4 Å². The van der Waals surface area contributed by atoms with Crippen LogP contribution in [-0.4, -0.2) is 0 Å². The van der Waals surface area contributed by atoms with Crippen LogP contribution in [0.1, 0.15) is 31.4 Å². The summed E-state index contributed by atoms with van der Waals surface area (Å²) < 4.78 is 11.9. The summed E-state index contributed by atoms with van der Waals surface area (Å²) in [7, 11) is -1.33. The van der Waals surface area contributed by atoms with Crippen molar-refractivity contribution in [1.82, 2.24) is 0 Å². The second-order valence-electron chi connectivity index (χ2n) is 4.70. The van der Waals surface area contributed by atoms with Crippen LogP contribution in [0.15, 0.2) is 53.9 Å². The van der Waals surface area contributed by atoms with Gasteiger partial charge in [-0.25, -0.2) is 0 Å². The normalized spacial score (nSPS) is 15.7. The number of benzene rings is 1. The van der Waals surface area contributed by atoms with Crippen molar-refractivity contribution >= 4 is 13.1 Å². The van der Waals surface area contributed by atoms with Gasteiger partial charge in [-0.3, -0.25) is 0 Å². The quantitative estimate of drug-likeness (QED) is 0.529. The molecule has 0 bridgehead atoms. The number of aryl methyl sites for hydroxylation is 1. The molecule has 18 heavy (non-hydrogen) atoms. The van der Waals surface area contributed by atoms with Crippen molar-refractivity contribution in [1.29, 1.82) is 0 Å². The Morgan fingerprint density at radius 1 is 1.28 bits per heavy atom. The van der Waals surface area contributed by atoms with Crippen molar-refractivity contribution in [2.45, 2.75) is 26.7 Å². The van der Waals surface area contributed by atoms with E-state index in [-0.39, 0.29) is 0 Å². The summed E-state index contributed by atoms with van der Waals surface area (Å²) in [5, 5.41) is 0.970. The summed E-state index contributed by atoms with van der Waals surface area (Å²) in [5.41, 5.74) is 3.78. The third-order valence-electron chi connectivity index (χ3n) is 2.97. The fourth-order valence-corrected chi connectivity index (χ4v) is 3.17. The fraction of sp³-hybridized carbons (Fsp3) is 0.250. The van der Waals surface area contributed by atoms with E-state index in [1.54, 1.807) is 5.82 Å². The first-order chi connectivity index (χ1) is 8.68. The van der Waals surface area contributed by atoms with Crippen LogP contribution in [0.4, 0.5) is 0 Å². The van der Waals surface area contributed by atoms with Crippen molar-refractivity contribution in [3.63, 3.8) is 0 Å². The Bertz CT molecular complexity index is 546. The predicted octanol–water partition coefficient (Wildman–Crippen LogP) is 5.28. The van der Waals surface area contributed by atoms with Gasteiger partial charge < -0.3 is 0 Å². The SMILES string of the molecule is CC(C)=CCCc1ccccc1C1=CC=C[P+]1=O. The molecule has 0 N–H and O–H groups in total. The maximum Gasteiger partial charge on any atom is 0.408 e. The lowest BCUT2D eigenvalue weighted by atomic mass is 10.0. The highest BCUT2D eigenvalue weighted by Crippen LogP contribution is 2.46. The van der Waals surface area contributed by atoms with E-state index in [0.717, 1.165) is 23.7 Å². The lowest BCUT2D eigenvalue weighted by molar-refractivity contribution is 0.598. The molecule has 1 aromatic carbocycles. The van der Waals surface area contributed by atoms with Gasteiger partial charge in [0.05, 0.1) is 0 Å². The summed E-state index contributed by atoms with van der Waals surface area (Å²) in [5.74, 6) is 1.78. The first-order valence-corrected chi connectivity index (χ1v) is 7.58. The molecule has 1 heterocycles. The monoisotopic (exact) mass is 257 g/mol. The lowest BCUT2D eigenvalue weighted by Crippen LogP contribution is -1.91. The van der Waals surface area contributed by atoms with Crippen molar-refractivity contribution in [2.24, 2.45) is 0 Å². The Balaban J connectivity index is 2.21. The minimum Gasteiger partial charge on any atom is -0.0856 e. The van der Waals surface area contributed by atoms with Crippen molar-refractivity contribution in [3.8, 4) is 0 Å². The molecular formula is C16H18OP+. The van der Waals surface area contributed by atoms with Crippen LogP contribution in [0.5, 0.6) is 0 Å². The Hall–Kier alpha value is -1.46. The molecule has 0 radical (unpaired) electrons. The number of hydrogen-bond acceptors (Lipinski definition) is 1. The van der Waals surface area contributed by atoms with Gasteiger partial charge in [-0.2, -0.15) is 0 Å². The molecule has 2 heteroatoms. The van der Waals surface area contributed by atoms with Gasteiger partial charge >= 0.3 is 7.80 Å². The Kier molecular flexibility index (Phi) is 4.28. The second-order valence-corrected chi connectivity index (χ2v) is 6.13. The van der Waals surface area contributed by atoms with Gasteiger partial charge in [-0.1, -0.05) is 40.5 Å². The van der Waals surface area contributed by atoms with Gasteiger partial charge in [0.15, 0.2) is 5.82 Å². The summed E-state index contributed by atoms with van der Waals surface area (Å²) in [4.78, 5) is 0. The first kappa shape index (κ1) is 13.0. The van der Waals surface area contributed by atoms with Crippen molar-refractivity contribution in [2.75, 3.05) is 0 Å². The maximum atomic E-state index is 11.9. The van der Waals surface area contributed by atoms with Crippen molar-refractivity contribution in [3.05, 3.63) is 65.0 Å². The Morgan fingerprint density at radius 3 is 2.72 bits per heavy atom. The molecule has 0 saturated heterocycles. The molecule has 0 aliphatic carbocycles. The molecule has 1 aromatic rings. The van der Waals surface area contributed by atoms with Crippen LogP contribution in [0.25, 0.3) is 5.31 Å². The molecule has 0 fully saturated rings. The van der Waals surface area contributed by atoms with E-state index in [1.165, 1.54) is 11.1 Å².